The van der Waals surface area contributed by atoms with E-state index in [-0.39, 0.29) is 33.9 Å². The first-order valence-electron chi connectivity index (χ1n) is 14.7. The minimum absolute atomic E-state index is 0.0680. The normalized spacial score (nSPS) is 53.1. The number of hydrogen-bond donors (Lipinski definition) is 1. The van der Waals surface area contributed by atoms with E-state index in [2.05, 4.69) is 47.6 Å². The average Bonchev–Trinajstić information content (AvgIpc) is 2.79. The van der Waals surface area contributed by atoms with Crippen LogP contribution in [0, 0.1) is 56.7 Å². The van der Waals surface area contributed by atoms with Crippen molar-refractivity contribution in [1.29, 1.82) is 0 Å². The van der Waals surface area contributed by atoms with Gasteiger partial charge in [-0.2, -0.15) is 0 Å². The Bertz CT molecular complexity index is 1060. The maximum atomic E-state index is 14.4. The van der Waals surface area contributed by atoms with Gasteiger partial charge in [-0.1, -0.05) is 47.1 Å². The summed E-state index contributed by atoms with van der Waals surface area (Å²) >= 11 is 0. The van der Waals surface area contributed by atoms with Crippen LogP contribution in [0.5, 0.6) is 0 Å². The average molecular weight is 513 g/mol. The van der Waals surface area contributed by atoms with Crippen molar-refractivity contribution in [2.75, 3.05) is 0 Å². The number of carbonyl (C=O) groups excluding carboxylic acids is 2. The fraction of sp³-hybridized carbons (Fsp3) is 0.844. The molecule has 0 saturated heterocycles. The Hall–Kier alpha value is -1.65. The van der Waals surface area contributed by atoms with E-state index in [4.69, 9.17) is 4.74 Å². The molecule has 11 atom stereocenters. The smallest absolute Gasteiger partial charge is 0.313 e. The fourth-order valence-electron chi connectivity index (χ4n) is 11.0. The van der Waals surface area contributed by atoms with E-state index in [1.165, 1.54) is 31.8 Å². The third-order valence-electron chi connectivity index (χ3n) is 13.5. The Kier molecular flexibility index (Phi) is 5.95. The van der Waals surface area contributed by atoms with Crippen molar-refractivity contribution in [3.8, 4) is 0 Å². The second-order valence-corrected chi connectivity index (χ2v) is 15.0. The molecule has 4 saturated carbocycles. The summed E-state index contributed by atoms with van der Waals surface area (Å²) < 4.78 is 5.63. The van der Waals surface area contributed by atoms with E-state index in [9.17, 15) is 19.5 Å². The number of ketones is 1. The Labute approximate surface area is 223 Å². The van der Waals surface area contributed by atoms with Crippen molar-refractivity contribution >= 4 is 17.7 Å². The number of carbonyl (C=O) groups is 3. The Morgan fingerprint density at radius 3 is 2.24 bits per heavy atom. The summed E-state index contributed by atoms with van der Waals surface area (Å²) in [4.78, 5) is 39.1. The van der Waals surface area contributed by atoms with Gasteiger partial charge in [0.15, 0.2) is 5.78 Å². The highest BCUT2D eigenvalue weighted by molar-refractivity contribution is 5.96. The van der Waals surface area contributed by atoms with E-state index in [0.717, 1.165) is 19.3 Å². The van der Waals surface area contributed by atoms with Crippen LogP contribution in [0.4, 0.5) is 0 Å². The van der Waals surface area contributed by atoms with Gasteiger partial charge >= 0.3 is 11.9 Å². The van der Waals surface area contributed by atoms with Gasteiger partial charge in [0.05, 0.1) is 0 Å². The van der Waals surface area contributed by atoms with Gasteiger partial charge in [0.1, 0.15) is 11.5 Å². The van der Waals surface area contributed by atoms with Crippen molar-refractivity contribution in [3.05, 3.63) is 11.6 Å². The highest BCUT2D eigenvalue weighted by atomic mass is 16.5. The zero-order valence-electron chi connectivity index (χ0n) is 24.3. The van der Waals surface area contributed by atoms with Crippen LogP contribution >= 0.6 is 0 Å². The van der Waals surface area contributed by atoms with E-state index in [0.29, 0.717) is 30.6 Å². The summed E-state index contributed by atoms with van der Waals surface area (Å²) in [5.74, 6) is 0.0756. The molecule has 0 heterocycles. The summed E-state index contributed by atoms with van der Waals surface area (Å²) in [6, 6.07) is 0. The third kappa shape index (κ3) is 3.30. The largest absolute Gasteiger partial charge is 0.481 e. The SMILES string of the molecule is CC(=O)OC1CC[C@@]2(C)C(CC[C@]3(C)[C@@H]2C(=O)C=C2[C@@H]4[C@@H](C)[C@H](C)CC[C@]4(C)CC[C@]23C)C1(C)C(=O)O. The monoisotopic (exact) mass is 512 g/mol. The lowest BCUT2D eigenvalue weighted by Crippen LogP contribution is -2.68. The molecule has 0 aromatic rings. The first-order chi connectivity index (χ1) is 17.1. The zero-order valence-corrected chi connectivity index (χ0v) is 24.3. The van der Waals surface area contributed by atoms with Gasteiger partial charge in [-0.25, -0.2) is 0 Å². The number of esters is 1. The summed E-state index contributed by atoms with van der Waals surface area (Å²) in [5.41, 5.74) is -0.280. The van der Waals surface area contributed by atoms with Crippen LogP contribution in [-0.2, 0) is 19.1 Å². The van der Waals surface area contributed by atoms with E-state index in [1.54, 1.807) is 6.92 Å². The highest BCUT2D eigenvalue weighted by Gasteiger charge is 2.72. The van der Waals surface area contributed by atoms with Crippen molar-refractivity contribution in [1.82, 2.24) is 0 Å². The van der Waals surface area contributed by atoms with Crippen LogP contribution in [-0.4, -0.2) is 28.9 Å². The molecule has 5 rings (SSSR count). The lowest BCUT2D eigenvalue weighted by Gasteiger charge is -2.70. The number of carboxylic acid groups (broad SMARTS) is 1. The van der Waals surface area contributed by atoms with Gasteiger partial charge in [0.2, 0.25) is 0 Å². The first kappa shape index (κ1) is 26.9. The van der Waals surface area contributed by atoms with Crippen LogP contribution in [0.25, 0.3) is 0 Å². The molecule has 5 heteroatoms. The van der Waals surface area contributed by atoms with Gasteiger partial charge in [-0.15, -0.1) is 0 Å². The number of carboxylic acids is 1. The van der Waals surface area contributed by atoms with Crippen LogP contribution in [0.3, 0.4) is 0 Å². The van der Waals surface area contributed by atoms with Crippen molar-refractivity contribution in [2.45, 2.75) is 113 Å². The number of ether oxygens (including phenoxy) is 1. The van der Waals surface area contributed by atoms with Crippen LogP contribution in [0.15, 0.2) is 11.6 Å². The van der Waals surface area contributed by atoms with Crippen molar-refractivity contribution in [3.63, 3.8) is 0 Å². The lowest BCUT2D eigenvalue weighted by molar-refractivity contribution is -0.220. The lowest BCUT2D eigenvalue weighted by atomic mass is 9.33. The summed E-state index contributed by atoms with van der Waals surface area (Å²) in [6.07, 6.45) is 8.96. The van der Waals surface area contributed by atoms with E-state index < -0.39 is 28.9 Å². The van der Waals surface area contributed by atoms with E-state index in [1.807, 2.05) is 0 Å². The molecule has 0 amide bonds. The number of rotatable bonds is 2. The predicted molar refractivity (Wildman–Crippen MR) is 143 cm³/mol. The van der Waals surface area contributed by atoms with Gasteiger partial charge in [-0.05, 0) is 110 Å². The molecular weight excluding hydrogens is 464 g/mol. The molecule has 4 fully saturated rings. The highest BCUT2D eigenvalue weighted by Crippen LogP contribution is 2.75. The summed E-state index contributed by atoms with van der Waals surface area (Å²) in [7, 11) is 0. The first-order valence-corrected chi connectivity index (χ1v) is 14.7. The molecule has 206 valence electrons. The zero-order chi connectivity index (χ0) is 27.3. The van der Waals surface area contributed by atoms with Crippen molar-refractivity contribution < 1.29 is 24.2 Å². The molecule has 5 nitrogen and oxygen atoms in total. The minimum Gasteiger partial charge on any atom is -0.481 e. The second-order valence-electron chi connectivity index (χ2n) is 15.0. The second kappa shape index (κ2) is 8.18. The Morgan fingerprint density at radius 2 is 1.62 bits per heavy atom. The molecule has 37 heavy (non-hydrogen) atoms. The van der Waals surface area contributed by atoms with Gasteiger partial charge in [0, 0.05) is 12.8 Å². The van der Waals surface area contributed by atoms with Crippen LogP contribution in [0.2, 0.25) is 0 Å². The van der Waals surface area contributed by atoms with E-state index >= 15 is 0 Å². The maximum absolute atomic E-state index is 14.4. The number of fused-ring (bicyclic) bond motifs is 7. The van der Waals surface area contributed by atoms with Crippen molar-refractivity contribution in [2.24, 2.45) is 56.7 Å². The maximum Gasteiger partial charge on any atom is 0.313 e. The molecule has 0 aromatic carbocycles. The number of allylic oxidation sites excluding steroid dienone is 2. The molecule has 0 radical (unpaired) electrons. The molecule has 0 aliphatic heterocycles. The molecule has 0 spiro atoms. The van der Waals surface area contributed by atoms with Gasteiger partial charge in [-0.3, -0.25) is 14.4 Å². The molecule has 0 aromatic heterocycles. The fourth-order valence-corrected chi connectivity index (χ4v) is 11.0. The molecule has 0 bridgehead atoms. The standard InChI is InChI=1S/C32H48O5/c1-18-9-12-28(4)15-16-30(6)21(25(28)19(18)2)17-22(34)26-29(5)13-11-24(37-20(3)33)32(8,27(35)36)23(29)10-14-31(26,30)7/h17-19,23-26H,9-16H2,1-8H3,(H,35,36)/t18-,19+,23?,24?,25+,26-,28-,29+,30-,31-,32?/m1/s1. The number of aliphatic carboxylic acids is 1. The van der Waals surface area contributed by atoms with Gasteiger partial charge in [0.25, 0.3) is 0 Å². The topological polar surface area (TPSA) is 80.7 Å². The molecular formula is C32H48O5. The Morgan fingerprint density at radius 1 is 0.946 bits per heavy atom. The summed E-state index contributed by atoms with van der Waals surface area (Å²) in [6.45, 7) is 17.4. The molecule has 5 aliphatic carbocycles. The molecule has 5 aliphatic rings. The minimum atomic E-state index is -1.20. The summed E-state index contributed by atoms with van der Waals surface area (Å²) in [5, 5.41) is 10.5. The quantitative estimate of drug-likeness (QED) is 0.410. The van der Waals surface area contributed by atoms with Crippen LogP contribution in [0.1, 0.15) is 107 Å². The predicted octanol–water partition coefficient (Wildman–Crippen LogP) is 6.84. The van der Waals surface area contributed by atoms with Gasteiger partial charge < -0.3 is 9.84 Å². The van der Waals surface area contributed by atoms with Crippen LogP contribution < -0.4 is 0 Å². The molecule has 1 N–H and O–H groups in total. The Balaban J connectivity index is 1.62. The third-order valence-corrected chi connectivity index (χ3v) is 13.5. The molecule has 3 unspecified atom stereocenters. The number of hydrogen-bond acceptors (Lipinski definition) is 4.